The van der Waals surface area contributed by atoms with Gasteiger partial charge in [0.2, 0.25) is 0 Å². The molecule has 0 aliphatic rings. The fourth-order valence-corrected chi connectivity index (χ4v) is 2.30. The third-order valence-electron chi connectivity index (χ3n) is 3.58. The van der Waals surface area contributed by atoms with Crippen LogP contribution in [0.4, 0.5) is 0 Å². The van der Waals surface area contributed by atoms with Gasteiger partial charge in [-0.15, -0.1) is 0 Å². The van der Waals surface area contributed by atoms with E-state index in [1.54, 1.807) is 0 Å². The van der Waals surface area contributed by atoms with E-state index in [0.717, 1.165) is 19.1 Å². The van der Waals surface area contributed by atoms with Gasteiger partial charge in [-0.3, -0.25) is 0 Å². The van der Waals surface area contributed by atoms with Crippen molar-refractivity contribution in [3.8, 4) is 0 Å². The molecule has 0 aliphatic heterocycles. The average molecular weight is 266 g/mol. The van der Waals surface area contributed by atoms with E-state index in [0.29, 0.717) is 6.42 Å². The van der Waals surface area contributed by atoms with Gasteiger partial charge in [0.1, 0.15) is 6.29 Å². The van der Waals surface area contributed by atoms with Crippen LogP contribution < -0.4 is 0 Å². The highest BCUT2D eigenvalue weighted by Gasteiger charge is 1.91. The number of carbonyl (C=O) groups excluding carboxylic acids is 1. The van der Waals surface area contributed by atoms with Crippen molar-refractivity contribution in [2.24, 2.45) is 0 Å². The molecule has 1 nitrogen and oxygen atoms in total. The van der Waals surface area contributed by atoms with Gasteiger partial charge in [-0.05, 0) is 25.7 Å². The van der Waals surface area contributed by atoms with Gasteiger partial charge in [0.25, 0.3) is 0 Å². The van der Waals surface area contributed by atoms with E-state index in [1.807, 2.05) is 0 Å². The summed E-state index contributed by atoms with van der Waals surface area (Å²) in [5.41, 5.74) is 0. The molecule has 0 fully saturated rings. The second-order valence-corrected chi connectivity index (χ2v) is 5.54. The number of aldehydes is 1. The Morgan fingerprint density at radius 2 is 1.05 bits per heavy atom. The zero-order chi connectivity index (χ0) is 14.0. The maximum Gasteiger partial charge on any atom is 0.120 e. The highest BCUT2D eigenvalue weighted by Crippen LogP contribution is 2.11. The minimum Gasteiger partial charge on any atom is -0.303 e. The predicted octanol–water partition coefficient (Wildman–Crippen LogP) is 6.22. The van der Waals surface area contributed by atoms with Crippen LogP contribution in [-0.4, -0.2) is 6.29 Å². The van der Waals surface area contributed by atoms with Gasteiger partial charge in [-0.2, -0.15) is 0 Å². The molecule has 19 heavy (non-hydrogen) atoms. The topological polar surface area (TPSA) is 17.1 Å². The summed E-state index contributed by atoms with van der Waals surface area (Å²) in [6.07, 6.45) is 23.6. The molecule has 0 saturated carbocycles. The third kappa shape index (κ3) is 17.4. The molecule has 0 radical (unpaired) electrons. The van der Waals surface area contributed by atoms with Crippen molar-refractivity contribution in [1.82, 2.24) is 0 Å². The van der Waals surface area contributed by atoms with Gasteiger partial charge in [0, 0.05) is 6.42 Å². The Morgan fingerprint density at radius 3 is 1.58 bits per heavy atom. The van der Waals surface area contributed by atoms with Gasteiger partial charge in [-0.25, -0.2) is 0 Å². The van der Waals surface area contributed by atoms with E-state index in [4.69, 9.17) is 0 Å². The molecule has 0 aromatic carbocycles. The van der Waals surface area contributed by atoms with Gasteiger partial charge in [0.15, 0.2) is 0 Å². The van der Waals surface area contributed by atoms with E-state index >= 15 is 0 Å². The maximum atomic E-state index is 10.1. The molecule has 0 atom stereocenters. The molecular weight excluding hydrogens is 232 g/mol. The molecule has 0 heterocycles. The van der Waals surface area contributed by atoms with E-state index in [9.17, 15) is 4.79 Å². The van der Waals surface area contributed by atoms with Crippen LogP contribution in [0.1, 0.15) is 96.8 Å². The third-order valence-corrected chi connectivity index (χ3v) is 3.58. The highest BCUT2D eigenvalue weighted by atomic mass is 16.1. The first kappa shape index (κ1) is 18.4. The summed E-state index contributed by atoms with van der Waals surface area (Å²) in [4.78, 5) is 10.1. The van der Waals surface area contributed by atoms with Crippen molar-refractivity contribution in [3.63, 3.8) is 0 Å². The Labute approximate surface area is 120 Å². The van der Waals surface area contributed by atoms with Crippen molar-refractivity contribution < 1.29 is 4.79 Å². The van der Waals surface area contributed by atoms with Crippen LogP contribution in [0.15, 0.2) is 12.2 Å². The normalized spacial score (nSPS) is 11.2. The molecule has 0 saturated heterocycles. The van der Waals surface area contributed by atoms with E-state index in [-0.39, 0.29) is 0 Å². The van der Waals surface area contributed by atoms with Crippen LogP contribution in [-0.2, 0) is 4.79 Å². The summed E-state index contributed by atoms with van der Waals surface area (Å²) in [7, 11) is 0. The number of hydrogen-bond acceptors (Lipinski definition) is 1. The number of carbonyl (C=O) groups is 1. The Kier molecular flexibility index (Phi) is 16.9. The number of rotatable bonds is 15. The first-order valence-electron chi connectivity index (χ1n) is 8.50. The summed E-state index contributed by atoms with van der Waals surface area (Å²) in [6.45, 7) is 2.27. The molecule has 0 aromatic heterocycles. The molecule has 0 amide bonds. The minimum atomic E-state index is 0.711. The SMILES string of the molecule is CCCCCCCCCCCCC=CCCCC=O. The van der Waals surface area contributed by atoms with Gasteiger partial charge >= 0.3 is 0 Å². The summed E-state index contributed by atoms with van der Waals surface area (Å²) < 4.78 is 0. The Morgan fingerprint density at radius 1 is 0.579 bits per heavy atom. The average Bonchev–Trinajstić information content (AvgIpc) is 2.43. The van der Waals surface area contributed by atoms with E-state index in [1.165, 1.54) is 70.6 Å². The highest BCUT2D eigenvalue weighted by molar-refractivity contribution is 5.48. The lowest BCUT2D eigenvalue weighted by atomic mass is 10.1. The molecule has 0 unspecified atom stereocenters. The molecule has 0 aliphatic carbocycles. The molecule has 0 aromatic rings. The fourth-order valence-electron chi connectivity index (χ4n) is 2.30. The van der Waals surface area contributed by atoms with Crippen LogP contribution in [0.25, 0.3) is 0 Å². The van der Waals surface area contributed by atoms with Gasteiger partial charge in [-0.1, -0.05) is 76.9 Å². The Bertz CT molecular complexity index is 196. The summed E-state index contributed by atoms with van der Waals surface area (Å²) in [5, 5.41) is 0. The summed E-state index contributed by atoms with van der Waals surface area (Å²) in [6, 6.07) is 0. The van der Waals surface area contributed by atoms with Crippen LogP contribution >= 0.6 is 0 Å². The van der Waals surface area contributed by atoms with Crippen molar-refractivity contribution in [2.75, 3.05) is 0 Å². The van der Waals surface area contributed by atoms with Crippen molar-refractivity contribution in [1.29, 1.82) is 0 Å². The van der Waals surface area contributed by atoms with Crippen LogP contribution in [0.3, 0.4) is 0 Å². The number of hydrogen-bond donors (Lipinski definition) is 0. The van der Waals surface area contributed by atoms with Crippen molar-refractivity contribution in [2.45, 2.75) is 96.8 Å². The first-order valence-corrected chi connectivity index (χ1v) is 8.50. The monoisotopic (exact) mass is 266 g/mol. The van der Waals surface area contributed by atoms with Crippen LogP contribution in [0.5, 0.6) is 0 Å². The summed E-state index contributed by atoms with van der Waals surface area (Å²) >= 11 is 0. The van der Waals surface area contributed by atoms with Crippen molar-refractivity contribution in [3.05, 3.63) is 12.2 Å². The standard InChI is InChI=1S/C18H34O/c1-2-3-4-5-6-7-8-9-10-11-12-13-14-15-16-17-18-19/h13-14,18H,2-12,15-17H2,1H3. The molecular formula is C18H34O. The second kappa shape index (κ2) is 17.4. The van der Waals surface area contributed by atoms with E-state index in [2.05, 4.69) is 19.1 Å². The fraction of sp³-hybridized carbons (Fsp3) is 0.833. The lowest BCUT2D eigenvalue weighted by Crippen LogP contribution is -1.81. The van der Waals surface area contributed by atoms with E-state index < -0.39 is 0 Å². The summed E-state index contributed by atoms with van der Waals surface area (Å²) in [5.74, 6) is 0. The molecule has 1 heteroatoms. The maximum absolute atomic E-state index is 10.1. The molecule has 0 rings (SSSR count). The Balaban J connectivity index is 3.00. The Hall–Kier alpha value is -0.590. The molecule has 0 bridgehead atoms. The number of allylic oxidation sites excluding steroid dienone is 2. The molecule has 0 spiro atoms. The first-order chi connectivity index (χ1) is 9.41. The lowest BCUT2D eigenvalue weighted by molar-refractivity contribution is -0.107. The quantitative estimate of drug-likeness (QED) is 0.195. The van der Waals surface area contributed by atoms with Gasteiger partial charge < -0.3 is 4.79 Å². The lowest BCUT2D eigenvalue weighted by Gasteiger charge is -2.01. The minimum absolute atomic E-state index is 0.711. The van der Waals surface area contributed by atoms with Crippen molar-refractivity contribution >= 4 is 6.29 Å². The zero-order valence-electron chi connectivity index (χ0n) is 13.0. The number of unbranched alkanes of at least 4 members (excludes halogenated alkanes) is 12. The van der Waals surface area contributed by atoms with Gasteiger partial charge in [0.05, 0.1) is 0 Å². The molecule has 112 valence electrons. The van der Waals surface area contributed by atoms with Crippen LogP contribution in [0, 0.1) is 0 Å². The zero-order valence-corrected chi connectivity index (χ0v) is 13.0. The molecule has 0 N–H and O–H groups in total. The predicted molar refractivity (Wildman–Crippen MR) is 85.5 cm³/mol. The van der Waals surface area contributed by atoms with Crippen LogP contribution in [0.2, 0.25) is 0 Å². The largest absolute Gasteiger partial charge is 0.303 e. The smallest absolute Gasteiger partial charge is 0.120 e. The second-order valence-electron chi connectivity index (χ2n) is 5.54.